The second-order valence-electron chi connectivity index (χ2n) is 5.60. The highest BCUT2D eigenvalue weighted by Gasteiger charge is 2.06. The molecule has 1 aromatic carbocycles. The predicted molar refractivity (Wildman–Crippen MR) is 103 cm³/mol. The maximum Gasteiger partial charge on any atom is 0.354 e. The first-order valence-electron chi connectivity index (χ1n) is 8.57. The van der Waals surface area contributed by atoms with Gasteiger partial charge in [0.2, 0.25) is 5.95 Å². The van der Waals surface area contributed by atoms with Crippen LogP contribution in [0.25, 0.3) is 0 Å². The van der Waals surface area contributed by atoms with Crippen molar-refractivity contribution in [1.82, 2.24) is 15.3 Å². The number of hydrogen-bond acceptors (Lipinski definition) is 7. The van der Waals surface area contributed by atoms with E-state index in [2.05, 4.69) is 20.6 Å². The highest BCUT2D eigenvalue weighted by atomic mass is 35.5. The zero-order valence-corrected chi connectivity index (χ0v) is 15.8. The summed E-state index contributed by atoms with van der Waals surface area (Å²) in [5.74, 6) is 0.545. The van der Waals surface area contributed by atoms with Gasteiger partial charge in [-0.2, -0.15) is 0 Å². The van der Waals surface area contributed by atoms with Crippen molar-refractivity contribution in [2.45, 2.75) is 12.8 Å². The summed E-state index contributed by atoms with van der Waals surface area (Å²) in [7, 11) is 1.59. The maximum absolute atomic E-state index is 10.8. The van der Waals surface area contributed by atoms with E-state index in [4.69, 9.17) is 26.2 Å². The number of carboxylic acids is 1. The van der Waals surface area contributed by atoms with Crippen LogP contribution in [0.15, 0.2) is 30.5 Å². The summed E-state index contributed by atoms with van der Waals surface area (Å²) in [4.78, 5) is 18.7. The largest absolute Gasteiger partial charge is 0.493 e. The molecule has 2 rings (SSSR count). The lowest BCUT2D eigenvalue weighted by atomic mass is 10.3. The van der Waals surface area contributed by atoms with E-state index in [1.54, 1.807) is 25.3 Å². The lowest BCUT2D eigenvalue weighted by molar-refractivity contribution is 0.0690. The van der Waals surface area contributed by atoms with Crippen molar-refractivity contribution < 1.29 is 19.4 Å². The Morgan fingerprint density at radius 1 is 1.19 bits per heavy atom. The summed E-state index contributed by atoms with van der Waals surface area (Å²) in [6.45, 7) is 2.82. The van der Waals surface area contributed by atoms with Gasteiger partial charge in [-0.1, -0.05) is 11.6 Å². The van der Waals surface area contributed by atoms with Gasteiger partial charge in [0.25, 0.3) is 0 Å². The van der Waals surface area contributed by atoms with Crippen LogP contribution in [-0.2, 0) is 0 Å². The van der Waals surface area contributed by atoms with E-state index in [-0.39, 0.29) is 5.69 Å². The van der Waals surface area contributed by atoms with Gasteiger partial charge in [-0.25, -0.2) is 14.8 Å². The Kier molecular flexibility index (Phi) is 8.60. The molecule has 1 aromatic heterocycles. The van der Waals surface area contributed by atoms with Crippen molar-refractivity contribution in [2.75, 3.05) is 38.7 Å². The van der Waals surface area contributed by atoms with Crippen LogP contribution >= 0.6 is 11.6 Å². The monoisotopic (exact) mass is 394 g/mol. The minimum absolute atomic E-state index is 0.0260. The SMILES string of the molecule is COc1ccc(Cl)cc1OCCCNCCCNc1nccc(C(=O)O)n1. The number of benzene rings is 1. The first-order valence-corrected chi connectivity index (χ1v) is 8.95. The van der Waals surface area contributed by atoms with Gasteiger partial charge in [-0.05, 0) is 44.1 Å². The molecule has 0 amide bonds. The van der Waals surface area contributed by atoms with Gasteiger partial charge in [0.1, 0.15) is 0 Å². The third kappa shape index (κ3) is 7.28. The number of ether oxygens (including phenoxy) is 2. The topological polar surface area (TPSA) is 106 Å². The summed E-state index contributed by atoms with van der Waals surface area (Å²) in [5.41, 5.74) is -0.0260. The number of hydrogen-bond donors (Lipinski definition) is 3. The molecule has 0 aliphatic heterocycles. The fourth-order valence-corrected chi connectivity index (χ4v) is 2.41. The molecule has 0 aliphatic rings. The van der Waals surface area contributed by atoms with Crippen LogP contribution < -0.4 is 20.1 Å². The molecule has 3 N–H and O–H groups in total. The van der Waals surface area contributed by atoms with Crippen molar-refractivity contribution in [3.05, 3.63) is 41.2 Å². The maximum atomic E-state index is 10.8. The average molecular weight is 395 g/mol. The number of carboxylic acid groups (broad SMARTS) is 1. The van der Waals surface area contributed by atoms with Crippen molar-refractivity contribution in [3.8, 4) is 11.5 Å². The Bertz CT molecular complexity index is 745. The van der Waals surface area contributed by atoms with Gasteiger partial charge in [0.05, 0.1) is 13.7 Å². The second-order valence-corrected chi connectivity index (χ2v) is 6.03. The molecule has 0 bridgehead atoms. The lowest BCUT2D eigenvalue weighted by Crippen LogP contribution is -2.21. The summed E-state index contributed by atoms with van der Waals surface area (Å²) in [6.07, 6.45) is 3.11. The fourth-order valence-electron chi connectivity index (χ4n) is 2.24. The summed E-state index contributed by atoms with van der Waals surface area (Å²) >= 11 is 5.96. The second kappa shape index (κ2) is 11.2. The van der Waals surface area contributed by atoms with E-state index < -0.39 is 5.97 Å². The van der Waals surface area contributed by atoms with Gasteiger partial charge < -0.3 is 25.2 Å². The van der Waals surface area contributed by atoms with E-state index in [1.807, 2.05) is 0 Å². The first-order chi connectivity index (χ1) is 13.1. The zero-order valence-electron chi connectivity index (χ0n) is 15.1. The standard InChI is InChI=1S/C18H23ClN4O4/c1-26-15-5-4-13(19)12-16(15)27-11-3-8-20-7-2-9-21-18-22-10-6-14(23-18)17(24)25/h4-6,10,12,20H,2-3,7-9,11H2,1H3,(H,24,25)(H,21,22,23). The number of methoxy groups -OCH3 is 1. The van der Waals surface area contributed by atoms with E-state index in [0.29, 0.717) is 35.6 Å². The number of nitrogens with one attached hydrogen (secondary N) is 2. The van der Waals surface area contributed by atoms with Gasteiger partial charge in [-0.15, -0.1) is 0 Å². The van der Waals surface area contributed by atoms with Crippen LogP contribution in [-0.4, -0.2) is 54.4 Å². The molecule has 2 aromatic rings. The van der Waals surface area contributed by atoms with Gasteiger partial charge >= 0.3 is 5.97 Å². The number of rotatable bonds is 12. The van der Waals surface area contributed by atoms with Crippen LogP contribution in [0, 0.1) is 0 Å². The van der Waals surface area contributed by atoms with Crippen molar-refractivity contribution in [1.29, 1.82) is 0 Å². The quantitative estimate of drug-likeness (QED) is 0.472. The third-order valence-corrected chi connectivity index (χ3v) is 3.80. The Morgan fingerprint density at radius 2 is 2.00 bits per heavy atom. The van der Waals surface area contributed by atoms with Crippen molar-refractivity contribution >= 4 is 23.5 Å². The smallest absolute Gasteiger partial charge is 0.354 e. The average Bonchev–Trinajstić information content (AvgIpc) is 2.67. The van der Waals surface area contributed by atoms with Gasteiger partial charge in [0.15, 0.2) is 17.2 Å². The Balaban J connectivity index is 1.55. The molecule has 27 heavy (non-hydrogen) atoms. The van der Waals surface area contributed by atoms with Gasteiger partial charge in [-0.3, -0.25) is 0 Å². The number of aromatic carboxylic acids is 1. The summed E-state index contributed by atoms with van der Waals surface area (Å²) < 4.78 is 10.9. The highest BCUT2D eigenvalue weighted by Crippen LogP contribution is 2.29. The third-order valence-electron chi connectivity index (χ3n) is 3.57. The molecular formula is C18H23ClN4O4. The molecular weight excluding hydrogens is 372 g/mol. The van der Waals surface area contributed by atoms with Crippen LogP contribution in [0.3, 0.4) is 0 Å². The van der Waals surface area contributed by atoms with Crippen LogP contribution in [0.4, 0.5) is 5.95 Å². The lowest BCUT2D eigenvalue weighted by Gasteiger charge is -2.11. The Hall–Kier alpha value is -2.58. The number of nitrogens with zero attached hydrogens (tertiary/aromatic N) is 2. The Labute approximate surface area is 162 Å². The van der Waals surface area contributed by atoms with E-state index >= 15 is 0 Å². The first kappa shape index (κ1) is 20.7. The number of halogens is 1. The van der Waals surface area contributed by atoms with E-state index in [0.717, 1.165) is 25.9 Å². The summed E-state index contributed by atoms with van der Waals surface area (Å²) in [6, 6.07) is 6.63. The molecule has 0 aliphatic carbocycles. The molecule has 8 nitrogen and oxygen atoms in total. The summed E-state index contributed by atoms with van der Waals surface area (Å²) in [5, 5.41) is 15.8. The predicted octanol–water partition coefficient (Wildman–Crippen LogP) is 2.70. The van der Waals surface area contributed by atoms with Crippen LogP contribution in [0.5, 0.6) is 11.5 Å². The Morgan fingerprint density at radius 3 is 2.78 bits per heavy atom. The normalized spacial score (nSPS) is 10.4. The molecule has 0 radical (unpaired) electrons. The van der Waals surface area contributed by atoms with Crippen LogP contribution in [0.1, 0.15) is 23.3 Å². The van der Waals surface area contributed by atoms with Crippen molar-refractivity contribution in [3.63, 3.8) is 0 Å². The molecule has 0 spiro atoms. The number of anilines is 1. The van der Waals surface area contributed by atoms with E-state index in [9.17, 15) is 4.79 Å². The minimum Gasteiger partial charge on any atom is -0.493 e. The molecule has 0 unspecified atom stereocenters. The fraction of sp³-hybridized carbons (Fsp3) is 0.389. The molecule has 146 valence electrons. The van der Waals surface area contributed by atoms with Crippen molar-refractivity contribution in [2.24, 2.45) is 0 Å². The zero-order chi connectivity index (χ0) is 19.5. The molecule has 0 atom stereocenters. The van der Waals surface area contributed by atoms with Crippen LogP contribution in [0.2, 0.25) is 5.02 Å². The molecule has 1 heterocycles. The number of aromatic nitrogens is 2. The molecule has 0 fully saturated rings. The number of carbonyl (C=O) groups is 1. The van der Waals surface area contributed by atoms with E-state index in [1.165, 1.54) is 12.3 Å². The van der Waals surface area contributed by atoms with Gasteiger partial charge in [0, 0.05) is 23.8 Å². The highest BCUT2D eigenvalue weighted by molar-refractivity contribution is 6.30. The molecule has 0 saturated heterocycles. The molecule has 9 heteroatoms. The molecule has 0 saturated carbocycles. The minimum atomic E-state index is -1.07.